The first-order chi connectivity index (χ1) is 14.5. The maximum Gasteiger partial charge on any atom is 0.416 e. The number of halogens is 6. The van der Waals surface area contributed by atoms with Crippen LogP contribution >= 0.6 is 0 Å². The Bertz CT molecular complexity index is 810. The van der Waals surface area contributed by atoms with Crippen molar-refractivity contribution >= 4 is 0 Å². The van der Waals surface area contributed by atoms with Gasteiger partial charge in [-0.15, -0.1) is 0 Å². The zero-order valence-electron chi connectivity index (χ0n) is 17.1. The molecule has 0 amide bonds. The van der Waals surface area contributed by atoms with Gasteiger partial charge >= 0.3 is 12.4 Å². The number of nitrogens with zero attached hydrogens (tertiary/aromatic N) is 2. The second-order valence-electron chi connectivity index (χ2n) is 7.81. The number of piperazine rings is 1. The first-order valence-corrected chi connectivity index (χ1v) is 10.0. The van der Waals surface area contributed by atoms with E-state index in [1.54, 1.807) is 0 Å². The van der Waals surface area contributed by atoms with Crippen LogP contribution in [-0.4, -0.2) is 49.6 Å². The minimum Gasteiger partial charge on any atom is -0.311 e. The lowest BCUT2D eigenvalue weighted by atomic mass is 10.0. The molecule has 0 spiro atoms. The van der Waals surface area contributed by atoms with Gasteiger partial charge in [-0.2, -0.15) is 26.3 Å². The molecule has 1 fully saturated rings. The third-order valence-corrected chi connectivity index (χ3v) is 5.48. The zero-order valence-corrected chi connectivity index (χ0v) is 17.1. The van der Waals surface area contributed by atoms with E-state index >= 15 is 0 Å². The highest BCUT2D eigenvalue weighted by Gasteiger charge is 2.36. The molecule has 3 nitrogen and oxygen atoms in total. The second kappa shape index (κ2) is 9.58. The van der Waals surface area contributed by atoms with Crippen LogP contribution in [0.1, 0.15) is 28.3 Å². The van der Waals surface area contributed by atoms with Crippen molar-refractivity contribution in [3.05, 3.63) is 70.8 Å². The van der Waals surface area contributed by atoms with Gasteiger partial charge in [0.15, 0.2) is 0 Å². The molecule has 9 heteroatoms. The molecular formula is C22H25F6N3. The Balaban J connectivity index is 1.75. The molecule has 31 heavy (non-hydrogen) atoms. The van der Waals surface area contributed by atoms with Crippen LogP contribution in [0, 0.1) is 0 Å². The van der Waals surface area contributed by atoms with E-state index in [4.69, 9.17) is 0 Å². The average Bonchev–Trinajstić information content (AvgIpc) is 2.71. The Kier molecular flexibility index (Phi) is 7.28. The Hall–Kier alpha value is -2.10. The zero-order chi connectivity index (χ0) is 22.6. The molecular weight excluding hydrogens is 420 g/mol. The summed E-state index contributed by atoms with van der Waals surface area (Å²) in [6.45, 7) is 3.77. The second-order valence-corrected chi connectivity index (χ2v) is 7.81. The number of hydrogen-bond donors (Lipinski definition) is 1. The van der Waals surface area contributed by atoms with E-state index in [9.17, 15) is 26.3 Å². The van der Waals surface area contributed by atoms with Crippen molar-refractivity contribution in [1.82, 2.24) is 15.1 Å². The lowest BCUT2D eigenvalue weighted by Gasteiger charge is -2.38. The molecule has 2 aromatic rings. The SMILES string of the molecule is CN1CCN(C(CNCc2cc(C(F)(F)F)cc(C(F)(F)F)c2)c2ccccc2)CC1. The Morgan fingerprint density at radius 3 is 1.90 bits per heavy atom. The summed E-state index contributed by atoms with van der Waals surface area (Å²) in [5, 5.41) is 3.08. The number of nitrogens with one attached hydrogen (secondary N) is 1. The quantitative estimate of drug-likeness (QED) is 0.645. The van der Waals surface area contributed by atoms with E-state index in [2.05, 4.69) is 15.1 Å². The van der Waals surface area contributed by atoms with Gasteiger partial charge in [-0.25, -0.2) is 0 Å². The van der Waals surface area contributed by atoms with Crippen molar-refractivity contribution in [2.45, 2.75) is 24.9 Å². The molecule has 0 aromatic heterocycles. The molecule has 1 atom stereocenters. The van der Waals surface area contributed by atoms with Crippen LogP contribution in [0.5, 0.6) is 0 Å². The van der Waals surface area contributed by atoms with Crippen LogP contribution < -0.4 is 5.32 Å². The highest BCUT2D eigenvalue weighted by Crippen LogP contribution is 2.36. The van der Waals surface area contributed by atoms with Gasteiger partial charge in [-0.05, 0) is 36.4 Å². The molecule has 1 aliphatic heterocycles. The summed E-state index contributed by atoms with van der Waals surface area (Å²) < 4.78 is 78.5. The summed E-state index contributed by atoms with van der Waals surface area (Å²) in [5.74, 6) is 0. The van der Waals surface area contributed by atoms with E-state index < -0.39 is 23.5 Å². The molecule has 0 aliphatic carbocycles. The normalized spacial score (nSPS) is 17.6. The number of hydrogen-bond acceptors (Lipinski definition) is 3. The first-order valence-electron chi connectivity index (χ1n) is 10.0. The van der Waals surface area contributed by atoms with Gasteiger partial charge in [-0.3, -0.25) is 4.90 Å². The van der Waals surface area contributed by atoms with Crippen LogP contribution in [0.4, 0.5) is 26.3 Å². The highest BCUT2D eigenvalue weighted by atomic mass is 19.4. The molecule has 2 aromatic carbocycles. The lowest BCUT2D eigenvalue weighted by molar-refractivity contribution is -0.143. The third-order valence-electron chi connectivity index (χ3n) is 5.48. The molecule has 0 saturated carbocycles. The topological polar surface area (TPSA) is 18.5 Å². The third kappa shape index (κ3) is 6.44. The Labute approximate surface area is 177 Å². The van der Waals surface area contributed by atoms with Gasteiger partial charge in [0.25, 0.3) is 0 Å². The van der Waals surface area contributed by atoms with Crippen LogP contribution in [0.25, 0.3) is 0 Å². The van der Waals surface area contributed by atoms with Crippen LogP contribution in [0.2, 0.25) is 0 Å². The van der Waals surface area contributed by atoms with Gasteiger partial charge < -0.3 is 10.2 Å². The van der Waals surface area contributed by atoms with Crippen LogP contribution in [0.15, 0.2) is 48.5 Å². The fraction of sp³-hybridized carbons (Fsp3) is 0.455. The number of likely N-dealkylation sites (N-methyl/N-ethyl adjacent to an activating group) is 1. The lowest BCUT2D eigenvalue weighted by Crippen LogP contribution is -2.48. The van der Waals surface area contributed by atoms with Crippen molar-refractivity contribution in [1.29, 1.82) is 0 Å². The van der Waals surface area contributed by atoms with E-state index in [-0.39, 0.29) is 24.2 Å². The summed E-state index contributed by atoms with van der Waals surface area (Å²) >= 11 is 0. The van der Waals surface area contributed by atoms with Crippen molar-refractivity contribution < 1.29 is 26.3 Å². The average molecular weight is 445 g/mol. The van der Waals surface area contributed by atoms with E-state index in [1.807, 2.05) is 37.4 Å². The fourth-order valence-electron chi connectivity index (χ4n) is 3.74. The minimum absolute atomic E-state index is 0.0252. The molecule has 3 rings (SSSR count). The Morgan fingerprint density at radius 2 is 1.39 bits per heavy atom. The minimum atomic E-state index is -4.84. The molecule has 1 heterocycles. The molecule has 0 bridgehead atoms. The van der Waals surface area contributed by atoms with Gasteiger partial charge in [0.2, 0.25) is 0 Å². The summed E-state index contributed by atoms with van der Waals surface area (Å²) in [6.07, 6.45) is -9.69. The predicted molar refractivity (Wildman–Crippen MR) is 106 cm³/mol. The number of benzene rings is 2. The van der Waals surface area contributed by atoms with E-state index in [0.717, 1.165) is 43.9 Å². The van der Waals surface area contributed by atoms with Gasteiger partial charge in [0, 0.05) is 45.3 Å². The number of rotatable bonds is 6. The molecule has 1 unspecified atom stereocenters. The van der Waals surface area contributed by atoms with Crippen molar-refractivity contribution in [3.8, 4) is 0 Å². The maximum absolute atomic E-state index is 13.1. The molecule has 170 valence electrons. The largest absolute Gasteiger partial charge is 0.416 e. The van der Waals surface area contributed by atoms with Crippen LogP contribution in [0.3, 0.4) is 0 Å². The summed E-state index contributed by atoms with van der Waals surface area (Å²) in [7, 11) is 2.04. The van der Waals surface area contributed by atoms with Crippen molar-refractivity contribution in [3.63, 3.8) is 0 Å². The van der Waals surface area contributed by atoms with Crippen molar-refractivity contribution in [2.24, 2.45) is 0 Å². The molecule has 1 N–H and O–H groups in total. The van der Waals surface area contributed by atoms with Crippen LogP contribution in [-0.2, 0) is 18.9 Å². The molecule has 0 radical (unpaired) electrons. The maximum atomic E-state index is 13.1. The van der Waals surface area contributed by atoms with E-state index in [0.29, 0.717) is 6.54 Å². The Morgan fingerprint density at radius 1 is 0.839 bits per heavy atom. The van der Waals surface area contributed by atoms with Gasteiger partial charge in [0.1, 0.15) is 0 Å². The highest BCUT2D eigenvalue weighted by molar-refractivity contribution is 5.33. The van der Waals surface area contributed by atoms with Crippen molar-refractivity contribution in [2.75, 3.05) is 39.8 Å². The fourth-order valence-corrected chi connectivity index (χ4v) is 3.74. The van der Waals surface area contributed by atoms with E-state index in [1.165, 1.54) is 0 Å². The van der Waals surface area contributed by atoms with Gasteiger partial charge in [-0.1, -0.05) is 30.3 Å². The standard InChI is InChI=1S/C22H25F6N3/c1-30-7-9-31(10-8-30)20(17-5-3-2-4-6-17)15-29-14-16-11-18(21(23,24)25)13-19(12-16)22(26,27)28/h2-6,11-13,20,29H,7-10,14-15H2,1H3. The summed E-state index contributed by atoms with van der Waals surface area (Å²) in [4.78, 5) is 4.50. The summed E-state index contributed by atoms with van der Waals surface area (Å²) in [6, 6.07) is 11.4. The predicted octanol–water partition coefficient (Wildman–Crippen LogP) is 4.80. The summed E-state index contributed by atoms with van der Waals surface area (Å²) in [5.41, 5.74) is -1.58. The smallest absolute Gasteiger partial charge is 0.311 e. The molecule has 1 saturated heterocycles. The number of alkyl halides is 6. The molecule has 1 aliphatic rings. The van der Waals surface area contributed by atoms with Gasteiger partial charge in [0.05, 0.1) is 11.1 Å². The monoisotopic (exact) mass is 445 g/mol. The first kappa shape index (κ1) is 23.6.